The molecule has 0 saturated carbocycles. The topological polar surface area (TPSA) is 50.1 Å². The van der Waals surface area contributed by atoms with Crippen LogP contribution in [0.5, 0.6) is 0 Å². The minimum atomic E-state index is 0.806. The van der Waals surface area contributed by atoms with Gasteiger partial charge in [0.25, 0.3) is 0 Å². The number of hydrogen-bond donors (Lipinski definition) is 3. The fourth-order valence-corrected chi connectivity index (χ4v) is 2.24. The van der Waals surface area contributed by atoms with E-state index in [0.29, 0.717) is 0 Å². The van der Waals surface area contributed by atoms with Gasteiger partial charge in [0.2, 0.25) is 0 Å². The first-order chi connectivity index (χ1) is 7.40. The molecule has 15 heavy (non-hydrogen) atoms. The normalized spacial score (nSPS) is 17.7. The molecule has 3 heteroatoms. The number of rotatable bonds is 3. The fourth-order valence-electron chi connectivity index (χ4n) is 2.24. The molecule has 0 amide bonds. The van der Waals surface area contributed by atoms with Gasteiger partial charge in [-0.2, -0.15) is 0 Å². The molecular formula is C12H19N3. The fraction of sp³-hybridized carbons (Fsp3) is 0.500. The average molecular weight is 205 g/mol. The zero-order valence-corrected chi connectivity index (χ0v) is 9.00. The van der Waals surface area contributed by atoms with Gasteiger partial charge in [0.05, 0.1) is 5.69 Å². The van der Waals surface area contributed by atoms with Crippen molar-refractivity contribution in [2.45, 2.75) is 19.3 Å². The summed E-state index contributed by atoms with van der Waals surface area (Å²) in [6.45, 7) is 2.31. The van der Waals surface area contributed by atoms with E-state index in [1.54, 1.807) is 0 Å². The van der Waals surface area contributed by atoms with Crippen molar-refractivity contribution in [3.05, 3.63) is 29.8 Å². The maximum Gasteiger partial charge on any atom is 0.0517 e. The third kappa shape index (κ3) is 2.70. The van der Waals surface area contributed by atoms with Crippen molar-refractivity contribution in [1.29, 1.82) is 0 Å². The van der Waals surface area contributed by atoms with Crippen molar-refractivity contribution < 1.29 is 0 Å². The first-order valence-electron chi connectivity index (χ1n) is 5.65. The van der Waals surface area contributed by atoms with Gasteiger partial charge >= 0.3 is 0 Å². The first-order valence-corrected chi connectivity index (χ1v) is 5.65. The smallest absolute Gasteiger partial charge is 0.0517 e. The van der Waals surface area contributed by atoms with Crippen LogP contribution in [0.15, 0.2) is 24.3 Å². The van der Waals surface area contributed by atoms with Crippen molar-refractivity contribution in [3.8, 4) is 0 Å². The minimum absolute atomic E-state index is 0.806. The van der Waals surface area contributed by atoms with E-state index in [-0.39, 0.29) is 0 Å². The molecule has 0 bridgehead atoms. The molecule has 0 radical (unpaired) electrons. The van der Waals surface area contributed by atoms with Gasteiger partial charge in [0.1, 0.15) is 0 Å². The van der Waals surface area contributed by atoms with Crippen LogP contribution in [0.2, 0.25) is 0 Å². The predicted molar refractivity (Wildman–Crippen MR) is 63.5 cm³/mol. The van der Waals surface area contributed by atoms with Gasteiger partial charge in [0.15, 0.2) is 0 Å². The van der Waals surface area contributed by atoms with Crippen molar-refractivity contribution in [1.82, 2.24) is 5.32 Å². The monoisotopic (exact) mass is 205 g/mol. The van der Waals surface area contributed by atoms with E-state index < -0.39 is 0 Å². The molecule has 82 valence electrons. The number of hydrogen-bond acceptors (Lipinski definition) is 3. The van der Waals surface area contributed by atoms with Crippen LogP contribution in [-0.4, -0.2) is 13.1 Å². The number of piperidine rings is 1. The highest BCUT2D eigenvalue weighted by molar-refractivity contribution is 5.50. The van der Waals surface area contributed by atoms with Gasteiger partial charge in [0, 0.05) is 0 Å². The van der Waals surface area contributed by atoms with E-state index in [9.17, 15) is 0 Å². The third-order valence-corrected chi connectivity index (χ3v) is 3.14. The molecule has 0 atom stereocenters. The summed E-state index contributed by atoms with van der Waals surface area (Å²) in [5.74, 6) is 6.30. The van der Waals surface area contributed by atoms with Crippen LogP contribution in [-0.2, 0) is 6.42 Å². The molecular weight excluding hydrogens is 186 g/mol. The van der Waals surface area contributed by atoms with Crippen LogP contribution in [0.25, 0.3) is 0 Å². The molecule has 1 fully saturated rings. The molecule has 1 aromatic rings. The molecule has 0 unspecified atom stereocenters. The number of anilines is 1. The van der Waals surface area contributed by atoms with Crippen LogP contribution >= 0.6 is 0 Å². The molecule has 4 N–H and O–H groups in total. The summed E-state index contributed by atoms with van der Waals surface area (Å²) in [4.78, 5) is 0. The van der Waals surface area contributed by atoms with Gasteiger partial charge in [-0.05, 0) is 49.9 Å². The van der Waals surface area contributed by atoms with E-state index in [1.807, 2.05) is 12.1 Å². The van der Waals surface area contributed by atoms with E-state index >= 15 is 0 Å². The number of nitrogen functional groups attached to an aromatic ring is 1. The van der Waals surface area contributed by atoms with Gasteiger partial charge in [-0.1, -0.05) is 18.2 Å². The number of hydrazine groups is 1. The summed E-state index contributed by atoms with van der Waals surface area (Å²) in [6, 6.07) is 8.30. The lowest BCUT2D eigenvalue weighted by Crippen LogP contribution is -2.28. The second kappa shape index (κ2) is 5.14. The third-order valence-electron chi connectivity index (χ3n) is 3.14. The van der Waals surface area contributed by atoms with Gasteiger partial charge in [-0.25, -0.2) is 0 Å². The highest BCUT2D eigenvalue weighted by Crippen LogP contribution is 2.22. The summed E-state index contributed by atoms with van der Waals surface area (Å²) >= 11 is 0. The molecule has 3 nitrogen and oxygen atoms in total. The van der Waals surface area contributed by atoms with E-state index in [2.05, 4.69) is 22.9 Å². The zero-order valence-electron chi connectivity index (χ0n) is 9.00. The summed E-state index contributed by atoms with van der Waals surface area (Å²) in [5.41, 5.74) is 5.18. The Balaban J connectivity index is 2.02. The van der Waals surface area contributed by atoms with Crippen molar-refractivity contribution in [3.63, 3.8) is 0 Å². The average Bonchev–Trinajstić information content (AvgIpc) is 2.31. The van der Waals surface area contributed by atoms with Gasteiger partial charge in [-0.15, -0.1) is 0 Å². The maximum absolute atomic E-state index is 5.49. The van der Waals surface area contributed by atoms with Gasteiger partial charge < -0.3 is 10.7 Å². The molecule has 0 spiro atoms. The maximum atomic E-state index is 5.49. The zero-order chi connectivity index (χ0) is 10.5. The standard InChI is InChI=1S/C12H19N3/c13-15-12-4-2-1-3-11(12)9-10-5-7-14-8-6-10/h1-4,10,14-15H,5-9,13H2. The Bertz CT molecular complexity index is 305. The minimum Gasteiger partial charge on any atom is -0.324 e. The van der Waals surface area contributed by atoms with Crippen molar-refractivity contribution >= 4 is 5.69 Å². The molecule has 0 aromatic heterocycles. The summed E-state index contributed by atoms with van der Waals surface area (Å²) < 4.78 is 0. The lowest BCUT2D eigenvalue weighted by atomic mass is 9.90. The Hall–Kier alpha value is -1.06. The predicted octanol–water partition coefficient (Wildman–Crippen LogP) is 1.51. The van der Waals surface area contributed by atoms with E-state index in [4.69, 9.17) is 5.84 Å². The number of nitrogens with one attached hydrogen (secondary N) is 2. The number of benzene rings is 1. The Labute approximate surface area is 91.0 Å². The Morgan fingerprint density at radius 2 is 2.00 bits per heavy atom. The molecule has 1 aromatic carbocycles. The van der Waals surface area contributed by atoms with Gasteiger partial charge in [-0.3, -0.25) is 5.84 Å². The molecule has 2 rings (SSSR count). The van der Waals surface area contributed by atoms with Crippen molar-refractivity contribution in [2.75, 3.05) is 18.5 Å². The summed E-state index contributed by atoms with van der Waals surface area (Å²) in [7, 11) is 0. The van der Waals surface area contributed by atoms with Crippen LogP contribution in [0.4, 0.5) is 5.69 Å². The van der Waals surface area contributed by atoms with Crippen LogP contribution < -0.4 is 16.6 Å². The number of nitrogens with two attached hydrogens (primary N) is 1. The van der Waals surface area contributed by atoms with E-state index in [0.717, 1.165) is 31.1 Å². The molecule has 1 heterocycles. The lowest BCUT2D eigenvalue weighted by Gasteiger charge is -2.23. The summed E-state index contributed by atoms with van der Waals surface area (Å²) in [6.07, 6.45) is 3.69. The first kappa shape index (κ1) is 10.5. The number of para-hydroxylation sites is 1. The van der Waals surface area contributed by atoms with E-state index in [1.165, 1.54) is 18.4 Å². The molecule has 0 aliphatic carbocycles. The summed E-state index contributed by atoms with van der Waals surface area (Å²) in [5, 5.41) is 3.39. The SMILES string of the molecule is NNc1ccccc1CC1CCNCC1. The highest BCUT2D eigenvalue weighted by Gasteiger charge is 2.14. The second-order valence-corrected chi connectivity index (χ2v) is 4.20. The molecule has 1 saturated heterocycles. The van der Waals surface area contributed by atoms with Crippen LogP contribution in [0.3, 0.4) is 0 Å². The highest BCUT2D eigenvalue weighted by atomic mass is 15.2. The second-order valence-electron chi connectivity index (χ2n) is 4.20. The lowest BCUT2D eigenvalue weighted by molar-refractivity contribution is 0.373. The largest absolute Gasteiger partial charge is 0.324 e. The molecule has 1 aliphatic heterocycles. The molecule has 1 aliphatic rings. The Morgan fingerprint density at radius 1 is 1.27 bits per heavy atom. The van der Waals surface area contributed by atoms with Crippen LogP contribution in [0, 0.1) is 5.92 Å². The quantitative estimate of drug-likeness (QED) is 0.518. The Morgan fingerprint density at radius 3 is 2.73 bits per heavy atom. The van der Waals surface area contributed by atoms with Crippen molar-refractivity contribution in [2.24, 2.45) is 11.8 Å². The Kier molecular flexibility index (Phi) is 3.59. The van der Waals surface area contributed by atoms with Crippen LogP contribution in [0.1, 0.15) is 18.4 Å².